The fourth-order valence-electron chi connectivity index (χ4n) is 2.80. The summed E-state index contributed by atoms with van der Waals surface area (Å²) < 4.78 is 0. The second kappa shape index (κ2) is 8.50. The summed E-state index contributed by atoms with van der Waals surface area (Å²) in [5.41, 5.74) is 3.03. The molecule has 0 aliphatic carbocycles. The summed E-state index contributed by atoms with van der Waals surface area (Å²) in [6, 6.07) is 24.0. The van der Waals surface area contributed by atoms with Crippen LogP contribution in [0.5, 0.6) is 0 Å². The van der Waals surface area contributed by atoms with Crippen LogP contribution in [0.4, 0.5) is 11.5 Å². The van der Waals surface area contributed by atoms with Gasteiger partial charge in [0.25, 0.3) is 11.8 Å². The quantitative estimate of drug-likeness (QED) is 0.477. The van der Waals surface area contributed by atoms with Gasteiger partial charge in [-0.1, -0.05) is 42.5 Å². The summed E-state index contributed by atoms with van der Waals surface area (Å²) in [6.07, 6.45) is 1.72. The number of nitrogens with one attached hydrogen (secondary N) is 2. The second-order valence-corrected chi connectivity index (χ2v) is 7.21. The smallest absolute Gasteiger partial charge is 0.265 e. The van der Waals surface area contributed by atoms with Crippen molar-refractivity contribution in [3.63, 3.8) is 0 Å². The van der Waals surface area contributed by atoms with Crippen LogP contribution in [0, 0.1) is 0 Å². The van der Waals surface area contributed by atoms with Gasteiger partial charge in [0.15, 0.2) is 0 Å². The Morgan fingerprint density at radius 3 is 2.34 bits per heavy atom. The number of anilines is 2. The number of carbonyl (C=O) groups excluding carboxylic acids is 2. The second-order valence-electron chi connectivity index (χ2n) is 6.26. The average Bonchev–Trinajstić information content (AvgIpc) is 3.30. The first-order chi connectivity index (χ1) is 14.2. The number of hydrogen-bond acceptors (Lipinski definition) is 4. The number of carbonyl (C=O) groups is 2. The van der Waals surface area contributed by atoms with Crippen molar-refractivity contribution in [1.82, 2.24) is 4.98 Å². The molecule has 0 spiro atoms. The molecule has 2 aromatic heterocycles. The van der Waals surface area contributed by atoms with E-state index in [-0.39, 0.29) is 11.8 Å². The Balaban J connectivity index is 1.44. The van der Waals surface area contributed by atoms with Gasteiger partial charge < -0.3 is 10.6 Å². The van der Waals surface area contributed by atoms with Crippen molar-refractivity contribution >= 4 is 34.7 Å². The zero-order chi connectivity index (χ0) is 20.1. The van der Waals surface area contributed by atoms with Gasteiger partial charge >= 0.3 is 0 Å². The van der Waals surface area contributed by atoms with Gasteiger partial charge in [-0.25, -0.2) is 4.98 Å². The Labute approximate surface area is 172 Å². The van der Waals surface area contributed by atoms with Crippen molar-refractivity contribution in [2.45, 2.75) is 0 Å². The molecule has 0 aliphatic heterocycles. The lowest BCUT2D eigenvalue weighted by Gasteiger charge is -2.08. The molecule has 0 atom stereocenters. The number of pyridine rings is 1. The molecule has 2 N–H and O–H groups in total. The van der Waals surface area contributed by atoms with E-state index in [0.717, 1.165) is 11.1 Å². The van der Waals surface area contributed by atoms with Crippen LogP contribution in [0.3, 0.4) is 0 Å². The van der Waals surface area contributed by atoms with Crippen LogP contribution >= 0.6 is 11.3 Å². The maximum atomic E-state index is 12.6. The van der Waals surface area contributed by atoms with E-state index in [9.17, 15) is 9.59 Å². The normalized spacial score (nSPS) is 10.3. The number of aromatic nitrogens is 1. The molecule has 5 nitrogen and oxygen atoms in total. The van der Waals surface area contributed by atoms with Gasteiger partial charge in [-0.05, 0) is 47.3 Å². The molecule has 29 heavy (non-hydrogen) atoms. The standard InChI is InChI=1S/C23H17N3O2S/c27-22(26-21-12-11-18(15-24-21)16-6-2-1-3-7-16)17-8-4-9-19(14-17)25-23(28)20-10-5-13-29-20/h1-15H,(H,25,28)(H,24,26,27). The highest BCUT2D eigenvalue weighted by Crippen LogP contribution is 2.20. The Morgan fingerprint density at radius 2 is 1.62 bits per heavy atom. The largest absolute Gasteiger partial charge is 0.321 e. The molecule has 2 aromatic carbocycles. The van der Waals surface area contributed by atoms with E-state index in [0.29, 0.717) is 21.9 Å². The molecule has 4 rings (SSSR count). The number of amides is 2. The molecule has 0 saturated carbocycles. The summed E-state index contributed by atoms with van der Waals surface area (Å²) in [7, 11) is 0. The number of thiophene rings is 1. The molecule has 0 fully saturated rings. The highest BCUT2D eigenvalue weighted by atomic mass is 32.1. The monoisotopic (exact) mass is 399 g/mol. The third-order valence-electron chi connectivity index (χ3n) is 4.24. The van der Waals surface area contributed by atoms with Gasteiger partial charge in [-0.15, -0.1) is 11.3 Å². The maximum Gasteiger partial charge on any atom is 0.265 e. The third-order valence-corrected chi connectivity index (χ3v) is 5.11. The maximum absolute atomic E-state index is 12.6. The molecular formula is C23H17N3O2S. The van der Waals surface area contributed by atoms with E-state index in [1.807, 2.05) is 47.8 Å². The minimum absolute atomic E-state index is 0.198. The van der Waals surface area contributed by atoms with Gasteiger partial charge in [0, 0.05) is 23.0 Å². The highest BCUT2D eigenvalue weighted by Gasteiger charge is 2.11. The third kappa shape index (κ3) is 4.56. The van der Waals surface area contributed by atoms with E-state index < -0.39 is 0 Å². The van der Waals surface area contributed by atoms with E-state index >= 15 is 0 Å². The molecule has 0 aliphatic rings. The summed E-state index contributed by atoms with van der Waals surface area (Å²) >= 11 is 1.36. The minimum Gasteiger partial charge on any atom is -0.321 e. The van der Waals surface area contributed by atoms with Gasteiger partial charge in [-0.3, -0.25) is 9.59 Å². The molecule has 0 saturated heterocycles. The Kier molecular flexibility index (Phi) is 5.45. The van der Waals surface area contributed by atoms with Gasteiger partial charge in [0.05, 0.1) is 4.88 Å². The Morgan fingerprint density at radius 1 is 0.759 bits per heavy atom. The first kappa shape index (κ1) is 18.6. The molecule has 0 bridgehead atoms. The molecular weight excluding hydrogens is 382 g/mol. The molecule has 4 aromatic rings. The average molecular weight is 399 g/mol. The van der Waals surface area contributed by atoms with Gasteiger partial charge in [-0.2, -0.15) is 0 Å². The number of rotatable bonds is 5. The van der Waals surface area contributed by atoms with Crippen molar-refractivity contribution in [3.8, 4) is 11.1 Å². The van der Waals surface area contributed by atoms with Crippen molar-refractivity contribution in [2.24, 2.45) is 0 Å². The van der Waals surface area contributed by atoms with E-state index in [4.69, 9.17) is 0 Å². The molecule has 2 amide bonds. The van der Waals surface area contributed by atoms with Crippen LogP contribution in [-0.4, -0.2) is 16.8 Å². The first-order valence-corrected chi connectivity index (χ1v) is 9.85. The van der Waals surface area contributed by atoms with Crippen molar-refractivity contribution in [1.29, 1.82) is 0 Å². The lowest BCUT2D eigenvalue weighted by molar-refractivity contribution is 0.101. The first-order valence-electron chi connectivity index (χ1n) is 8.97. The molecule has 2 heterocycles. The van der Waals surface area contributed by atoms with Crippen LogP contribution < -0.4 is 10.6 Å². The van der Waals surface area contributed by atoms with E-state index in [1.54, 1.807) is 42.6 Å². The lowest BCUT2D eigenvalue weighted by Crippen LogP contribution is -2.14. The van der Waals surface area contributed by atoms with Crippen LogP contribution in [0.25, 0.3) is 11.1 Å². The topological polar surface area (TPSA) is 71.1 Å². The SMILES string of the molecule is O=C(Nc1ccc(-c2ccccc2)cn1)c1cccc(NC(=O)c2cccs2)c1. The number of nitrogens with zero attached hydrogens (tertiary/aromatic N) is 1. The molecule has 6 heteroatoms. The van der Waals surface area contributed by atoms with Crippen molar-refractivity contribution < 1.29 is 9.59 Å². The van der Waals surface area contributed by atoms with Gasteiger partial charge in [0.2, 0.25) is 0 Å². The summed E-state index contributed by atoms with van der Waals surface area (Å²) in [4.78, 5) is 29.7. The molecule has 0 unspecified atom stereocenters. The fraction of sp³-hybridized carbons (Fsp3) is 0. The minimum atomic E-state index is -0.294. The number of benzene rings is 2. The highest BCUT2D eigenvalue weighted by molar-refractivity contribution is 7.12. The predicted octanol–water partition coefficient (Wildman–Crippen LogP) is 5.31. The summed E-state index contributed by atoms with van der Waals surface area (Å²) in [5, 5.41) is 7.43. The van der Waals surface area contributed by atoms with Crippen LogP contribution in [-0.2, 0) is 0 Å². The van der Waals surface area contributed by atoms with Crippen LogP contribution in [0.15, 0.2) is 90.4 Å². The zero-order valence-electron chi connectivity index (χ0n) is 15.3. The van der Waals surface area contributed by atoms with Crippen molar-refractivity contribution in [3.05, 3.63) is 101 Å². The molecule has 0 radical (unpaired) electrons. The van der Waals surface area contributed by atoms with Gasteiger partial charge in [0.1, 0.15) is 5.82 Å². The molecule has 142 valence electrons. The zero-order valence-corrected chi connectivity index (χ0v) is 16.1. The fourth-order valence-corrected chi connectivity index (χ4v) is 3.42. The predicted molar refractivity (Wildman–Crippen MR) is 116 cm³/mol. The Bertz CT molecular complexity index is 1120. The van der Waals surface area contributed by atoms with Crippen molar-refractivity contribution in [2.75, 3.05) is 10.6 Å². The lowest BCUT2D eigenvalue weighted by atomic mass is 10.1. The summed E-state index contributed by atoms with van der Waals surface area (Å²) in [6.45, 7) is 0. The van der Waals surface area contributed by atoms with E-state index in [2.05, 4.69) is 15.6 Å². The van der Waals surface area contributed by atoms with Crippen LogP contribution in [0.2, 0.25) is 0 Å². The summed E-state index contributed by atoms with van der Waals surface area (Å²) in [5.74, 6) is -0.0318. The van der Waals surface area contributed by atoms with E-state index in [1.165, 1.54) is 11.3 Å². The van der Waals surface area contributed by atoms with Crippen LogP contribution in [0.1, 0.15) is 20.0 Å². The number of hydrogen-bond donors (Lipinski definition) is 2. The Hall–Kier alpha value is -3.77.